The second kappa shape index (κ2) is 14.0. The topological polar surface area (TPSA) is 54.4 Å². The Morgan fingerprint density at radius 3 is 2.65 bits per heavy atom. The van der Waals surface area contributed by atoms with Gasteiger partial charge in [0.2, 0.25) is 0 Å². The van der Waals surface area contributed by atoms with Gasteiger partial charge in [-0.25, -0.2) is 4.99 Å². The summed E-state index contributed by atoms with van der Waals surface area (Å²) in [7, 11) is 0. The second-order valence-electron chi connectivity index (χ2n) is 9.68. The molecule has 2 heterocycles. The number of aryl methyl sites for hydroxylation is 1. The maximum Gasteiger partial charge on any atom is 0.312 e. The number of aliphatic imine (C=N–C) groups is 1. The fourth-order valence-electron chi connectivity index (χ4n) is 4.73. The minimum absolute atomic E-state index is 0.183. The average molecular weight is 547 g/mol. The van der Waals surface area contributed by atoms with Gasteiger partial charge in [-0.2, -0.15) is 0 Å². The molecule has 0 unspecified atom stereocenters. The van der Waals surface area contributed by atoms with Crippen molar-refractivity contribution in [3.05, 3.63) is 52.0 Å². The van der Waals surface area contributed by atoms with E-state index in [0.29, 0.717) is 35.4 Å². The van der Waals surface area contributed by atoms with E-state index in [0.717, 1.165) is 93.9 Å². The van der Waals surface area contributed by atoms with Crippen LogP contribution in [-0.4, -0.2) is 56.1 Å². The molecule has 0 radical (unpaired) electrons. The molecule has 0 saturated carbocycles. The van der Waals surface area contributed by atoms with Gasteiger partial charge in [-0.3, -0.25) is 9.69 Å². The molecule has 2 aromatic rings. The van der Waals surface area contributed by atoms with Crippen LogP contribution in [0.1, 0.15) is 57.4 Å². The van der Waals surface area contributed by atoms with E-state index >= 15 is 0 Å². The molecule has 8 heteroatoms. The first kappa shape index (κ1) is 27.7. The second-order valence-corrected chi connectivity index (χ2v) is 10.5. The number of carbonyl (C=O) groups excluding carboxylic acids is 1. The Balaban J connectivity index is 1.16. The lowest BCUT2D eigenvalue weighted by Crippen LogP contribution is -2.46. The molecule has 37 heavy (non-hydrogen) atoms. The van der Waals surface area contributed by atoms with Gasteiger partial charge in [0.1, 0.15) is 5.75 Å². The van der Waals surface area contributed by atoms with Gasteiger partial charge in [0.25, 0.3) is 0 Å². The van der Waals surface area contributed by atoms with Crippen LogP contribution in [0.3, 0.4) is 0 Å². The largest absolute Gasteiger partial charge is 0.494 e. The zero-order valence-electron chi connectivity index (χ0n) is 21.7. The zero-order chi connectivity index (χ0) is 26.0. The molecule has 0 aromatic heterocycles. The predicted molar refractivity (Wildman–Crippen MR) is 152 cm³/mol. The van der Waals surface area contributed by atoms with Crippen molar-refractivity contribution in [2.24, 2.45) is 4.99 Å². The van der Waals surface area contributed by atoms with E-state index in [1.165, 1.54) is 0 Å². The van der Waals surface area contributed by atoms with E-state index in [9.17, 15) is 4.79 Å². The van der Waals surface area contributed by atoms with Crippen molar-refractivity contribution in [2.45, 2.75) is 58.3 Å². The van der Waals surface area contributed by atoms with Gasteiger partial charge in [0.05, 0.1) is 28.0 Å². The Kier molecular flexibility index (Phi) is 10.5. The number of piperazine rings is 1. The number of ether oxygens (including phenoxy) is 2. The molecule has 4 rings (SSSR count). The summed E-state index contributed by atoms with van der Waals surface area (Å²) in [4.78, 5) is 21.4. The Labute approximate surface area is 230 Å². The van der Waals surface area contributed by atoms with Crippen molar-refractivity contribution in [1.29, 1.82) is 0 Å². The first-order valence-electron chi connectivity index (χ1n) is 13.5. The quantitative estimate of drug-likeness (QED) is 0.223. The Morgan fingerprint density at radius 1 is 1.00 bits per heavy atom. The van der Waals surface area contributed by atoms with Crippen molar-refractivity contribution in [3.8, 4) is 5.75 Å². The predicted octanol–water partition coefficient (Wildman–Crippen LogP) is 7.07. The molecule has 6 nitrogen and oxygen atoms in total. The number of hydrogen-bond donors (Lipinski definition) is 0. The van der Waals surface area contributed by atoms with E-state index in [-0.39, 0.29) is 5.97 Å². The maximum absolute atomic E-state index is 12.0. The summed E-state index contributed by atoms with van der Waals surface area (Å²) in [6, 6.07) is 11.9. The number of unbranched alkanes of at least 4 members (excludes halogenated alkanes) is 3. The SMILES string of the molecule is CCCCCC(=O)OC1=Nc2cc(OCCCCN3CCN(c4cccc(Cl)c4Cl)CC3)ccc2CC1. The number of rotatable bonds is 11. The number of halogens is 2. The lowest BCUT2D eigenvalue weighted by molar-refractivity contribution is -0.135. The summed E-state index contributed by atoms with van der Waals surface area (Å²) in [5.41, 5.74) is 3.03. The number of anilines is 1. The minimum atomic E-state index is -0.183. The standard InChI is InChI=1S/C29H37Cl2N3O3/c1-2-3-4-10-28(35)37-27-14-12-22-11-13-23(21-25(22)32-27)36-20-6-5-15-33-16-18-34(19-17-33)26-9-7-8-24(30)29(26)31/h7-9,11,13,21H,2-6,10,12,14-20H2,1H3. The summed E-state index contributed by atoms with van der Waals surface area (Å²) < 4.78 is 11.5. The third-order valence-electron chi connectivity index (χ3n) is 6.91. The monoisotopic (exact) mass is 545 g/mol. The molecule has 1 fully saturated rings. The highest BCUT2D eigenvalue weighted by Crippen LogP contribution is 2.33. The maximum atomic E-state index is 12.0. The van der Waals surface area contributed by atoms with Crippen LogP contribution in [0.15, 0.2) is 41.4 Å². The van der Waals surface area contributed by atoms with Crippen LogP contribution in [0.5, 0.6) is 5.75 Å². The van der Waals surface area contributed by atoms with Gasteiger partial charge >= 0.3 is 5.97 Å². The molecule has 1 saturated heterocycles. The number of nitrogens with zero attached hydrogens (tertiary/aromatic N) is 3. The zero-order valence-corrected chi connectivity index (χ0v) is 23.2. The van der Waals surface area contributed by atoms with Crippen molar-refractivity contribution in [2.75, 3.05) is 44.2 Å². The fourth-order valence-corrected chi connectivity index (χ4v) is 5.15. The first-order valence-corrected chi connectivity index (χ1v) is 14.2. The average Bonchev–Trinajstić information content (AvgIpc) is 2.90. The van der Waals surface area contributed by atoms with Crippen LogP contribution in [0.4, 0.5) is 11.4 Å². The highest BCUT2D eigenvalue weighted by Gasteiger charge is 2.20. The van der Waals surface area contributed by atoms with Gasteiger partial charge in [0, 0.05) is 45.1 Å². The van der Waals surface area contributed by atoms with E-state index in [1.54, 1.807) is 0 Å². The number of benzene rings is 2. The molecule has 0 N–H and O–H groups in total. The fraction of sp³-hybridized carbons (Fsp3) is 0.517. The number of hydrogen-bond acceptors (Lipinski definition) is 6. The normalized spacial score (nSPS) is 15.8. The van der Waals surface area contributed by atoms with Gasteiger partial charge in [-0.15, -0.1) is 0 Å². The van der Waals surface area contributed by atoms with Crippen molar-refractivity contribution >= 4 is 46.4 Å². The van der Waals surface area contributed by atoms with Crippen LogP contribution < -0.4 is 9.64 Å². The van der Waals surface area contributed by atoms with Crippen LogP contribution in [0, 0.1) is 0 Å². The van der Waals surface area contributed by atoms with E-state index in [4.69, 9.17) is 32.7 Å². The number of carbonyl (C=O) groups is 1. The van der Waals surface area contributed by atoms with Crippen molar-refractivity contribution in [3.63, 3.8) is 0 Å². The third kappa shape index (κ3) is 8.10. The van der Waals surface area contributed by atoms with Crippen molar-refractivity contribution in [1.82, 2.24) is 4.90 Å². The molecule has 2 aliphatic heterocycles. The Bertz CT molecular complexity index is 1080. The summed E-state index contributed by atoms with van der Waals surface area (Å²) in [6.07, 6.45) is 7.00. The van der Waals surface area contributed by atoms with Gasteiger partial charge in [-0.1, -0.05) is 55.1 Å². The summed E-state index contributed by atoms with van der Waals surface area (Å²) in [5, 5.41) is 1.25. The Hall–Kier alpha value is -2.28. The molecular formula is C29H37Cl2N3O3. The lowest BCUT2D eigenvalue weighted by atomic mass is 10.0. The molecule has 0 amide bonds. The van der Waals surface area contributed by atoms with Gasteiger partial charge in [-0.05, 0) is 56.0 Å². The molecule has 0 aliphatic carbocycles. The minimum Gasteiger partial charge on any atom is -0.494 e. The highest BCUT2D eigenvalue weighted by atomic mass is 35.5. The van der Waals surface area contributed by atoms with Crippen molar-refractivity contribution < 1.29 is 14.3 Å². The molecular weight excluding hydrogens is 509 g/mol. The Morgan fingerprint density at radius 2 is 1.84 bits per heavy atom. The summed E-state index contributed by atoms with van der Waals surface area (Å²) in [6.45, 7) is 7.76. The number of fused-ring (bicyclic) bond motifs is 1. The number of esters is 1. The summed E-state index contributed by atoms with van der Waals surface area (Å²) >= 11 is 12.6. The van der Waals surface area contributed by atoms with Crippen LogP contribution in [-0.2, 0) is 16.0 Å². The summed E-state index contributed by atoms with van der Waals surface area (Å²) in [5.74, 6) is 1.15. The third-order valence-corrected chi connectivity index (χ3v) is 7.72. The van der Waals surface area contributed by atoms with E-state index in [2.05, 4.69) is 27.8 Å². The first-order chi connectivity index (χ1) is 18.0. The molecule has 0 atom stereocenters. The van der Waals surface area contributed by atoms with E-state index < -0.39 is 0 Å². The molecule has 2 aromatic carbocycles. The molecule has 0 spiro atoms. The molecule has 200 valence electrons. The van der Waals surface area contributed by atoms with Crippen LogP contribution >= 0.6 is 23.2 Å². The van der Waals surface area contributed by atoms with Crippen LogP contribution in [0.2, 0.25) is 10.0 Å². The van der Waals surface area contributed by atoms with E-state index in [1.807, 2.05) is 30.3 Å². The highest BCUT2D eigenvalue weighted by molar-refractivity contribution is 6.43. The van der Waals surface area contributed by atoms with Crippen LogP contribution in [0.25, 0.3) is 0 Å². The lowest BCUT2D eigenvalue weighted by Gasteiger charge is -2.36. The van der Waals surface area contributed by atoms with Gasteiger partial charge in [0.15, 0.2) is 5.90 Å². The smallest absolute Gasteiger partial charge is 0.312 e. The molecule has 0 bridgehead atoms. The van der Waals surface area contributed by atoms with Gasteiger partial charge < -0.3 is 14.4 Å². The molecule has 2 aliphatic rings.